The van der Waals surface area contributed by atoms with Crippen molar-refractivity contribution in [3.05, 3.63) is 0 Å². The molecule has 12 aliphatic heterocycles. The topological polar surface area (TPSA) is 397 Å². The van der Waals surface area contributed by atoms with Crippen LogP contribution in [0.2, 0.25) is 183 Å². The minimum atomic E-state index is -4.36. The molecule has 0 saturated carbocycles. The molecule has 0 radical (unpaired) electrons. The van der Waals surface area contributed by atoms with Crippen molar-refractivity contribution < 1.29 is 179 Å². The fraction of sp³-hybridized carbons (Fsp3) is 1.00. The molecular weight excluding hydrogens is 1920 g/mol. The van der Waals surface area contributed by atoms with E-state index in [0.29, 0.717) is 6.61 Å². The average molecular weight is 2030 g/mol. The van der Waals surface area contributed by atoms with Crippen LogP contribution in [0, 0.1) is 0 Å². The van der Waals surface area contributed by atoms with Gasteiger partial charge in [0.25, 0.3) is 0 Å². The van der Waals surface area contributed by atoms with E-state index in [1.54, 1.807) is 170 Å². The highest BCUT2D eigenvalue weighted by Crippen LogP contribution is 2.50. The van der Waals surface area contributed by atoms with Crippen molar-refractivity contribution in [1.29, 1.82) is 0 Å². The number of rotatable bonds is 11. The Morgan fingerprint density at radius 3 is 0.565 bits per heavy atom. The van der Waals surface area contributed by atoms with E-state index in [2.05, 4.69) is 0 Å². The van der Waals surface area contributed by atoms with Crippen molar-refractivity contribution in [2.45, 2.75) is 211 Å². The molecule has 628 valence electrons. The summed E-state index contributed by atoms with van der Waals surface area (Å²) in [6.45, 7) is 56.5. The Hall–Kier alpha value is 4.35. The van der Waals surface area contributed by atoms with Crippen molar-refractivity contribution >= 4 is 248 Å². The SMILES string of the molecule is CCO[Si]1(C)O[SiH](C)O[Si](C)(O[Si]2(C)O[SiH](C)O[Si]3(C)O[Si](C)(O2)O[Si]2(C)O[Si](C)(O3)O[Si]3(C)O[Si](C)(O2)O[Si]2(C)O[Si]4(C)O[Si]5(C)O[Si](C)(OCC)O[Si](C)(OCC)O[Si](C)(O5)O[Si](C)(O4)O[Si](C)(O3)O2)O[Si](C)(OCC)O1.CO[Si]1(C)O[Si]2(C)O[Si]3(C)O[SiH](C)O[Si]4(C)O[Si](C)(O1)O[Si](C)(O2)O[Si](C)(O3)O4. The van der Waals surface area contributed by atoms with Crippen LogP contribution in [0.15, 0.2) is 0 Å². The lowest BCUT2D eigenvalue weighted by Gasteiger charge is -2.58. The maximum atomic E-state index is 7.16. The van der Waals surface area contributed by atoms with Crippen molar-refractivity contribution in [3.8, 4) is 0 Å². The molecule has 0 spiro atoms. The van der Waals surface area contributed by atoms with Crippen molar-refractivity contribution in [3.63, 3.8) is 0 Å². The molecule has 12 fully saturated rings. The van der Waals surface area contributed by atoms with Gasteiger partial charge in [-0.05, 0) is 47.3 Å². The van der Waals surface area contributed by atoms with Gasteiger partial charge >= 0.3 is 248 Å². The molecule has 24 unspecified atom stereocenters. The molecular formula is C37H110O43Si28. The van der Waals surface area contributed by atoms with Gasteiger partial charge in [-0.15, -0.1) is 0 Å². The first-order valence-corrected chi connectivity index (χ1v) is 97.3. The monoisotopic (exact) mass is 2030 g/mol. The summed E-state index contributed by atoms with van der Waals surface area (Å²) >= 11 is 0. The predicted molar refractivity (Wildman–Crippen MR) is 424 cm³/mol. The Kier molecular flexibility index (Phi) is 26.4. The van der Waals surface area contributed by atoms with Gasteiger partial charge in [-0.1, -0.05) is 0 Å². The van der Waals surface area contributed by atoms with Gasteiger partial charge in [0.15, 0.2) is 0 Å². The second kappa shape index (κ2) is 30.6. The second-order valence-corrected chi connectivity index (χ2v) is 109. The summed E-state index contributed by atoms with van der Waals surface area (Å²) in [4.78, 5) is 0. The summed E-state index contributed by atoms with van der Waals surface area (Å²) in [5, 5.41) is 0. The highest BCUT2D eigenvalue weighted by atomic mass is 28.6. The predicted octanol–water partition coefficient (Wildman–Crippen LogP) is 4.33. The van der Waals surface area contributed by atoms with Crippen molar-refractivity contribution in [2.75, 3.05) is 33.5 Å². The van der Waals surface area contributed by atoms with Gasteiger partial charge < -0.3 is 179 Å². The minimum Gasteiger partial charge on any atom is -0.397 e. The molecule has 108 heavy (non-hydrogen) atoms. The fourth-order valence-electron chi connectivity index (χ4n) is 15.4. The number of hydrogen-bond acceptors (Lipinski definition) is 43. The zero-order valence-electron chi connectivity index (χ0n) is 67.6. The van der Waals surface area contributed by atoms with Crippen LogP contribution in [0.25, 0.3) is 0 Å². The molecule has 0 aliphatic carbocycles. The van der Waals surface area contributed by atoms with E-state index >= 15 is 0 Å². The van der Waals surface area contributed by atoms with Gasteiger partial charge in [0.2, 0.25) is 0 Å². The van der Waals surface area contributed by atoms with Gasteiger partial charge in [-0.2, -0.15) is 0 Å². The summed E-state index contributed by atoms with van der Waals surface area (Å²) in [6.07, 6.45) is 0. The smallest absolute Gasteiger partial charge is 0.397 e. The fourth-order valence-corrected chi connectivity index (χ4v) is 159. The van der Waals surface area contributed by atoms with E-state index in [1.165, 1.54) is 7.11 Å². The van der Waals surface area contributed by atoms with Crippen LogP contribution in [-0.2, 0) is 179 Å². The van der Waals surface area contributed by atoms with E-state index in [1.807, 2.05) is 40.8 Å². The normalized spacial score (nSPS) is 57.7. The van der Waals surface area contributed by atoms with E-state index in [0.717, 1.165) is 0 Å². The lowest BCUT2D eigenvalue weighted by atomic mass is 10.9. The molecule has 0 aromatic heterocycles. The molecule has 12 saturated heterocycles. The lowest BCUT2D eigenvalue weighted by molar-refractivity contribution is -0.00295. The summed E-state index contributed by atoms with van der Waals surface area (Å²) in [6, 6.07) is 0. The van der Waals surface area contributed by atoms with Crippen LogP contribution in [0.3, 0.4) is 0 Å². The number of hydrogen-bond donors (Lipinski definition) is 0. The molecule has 12 rings (SSSR count). The van der Waals surface area contributed by atoms with Crippen LogP contribution in [0.5, 0.6) is 0 Å². The molecule has 0 aromatic rings. The van der Waals surface area contributed by atoms with Crippen LogP contribution in [-0.4, -0.2) is 281 Å². The third kappa shape index (κ3) is 21.9. The van der Waals surface area contributed by atoms with Crippen LogP contribution in [0.1, 0.15) is 27.7 Å². The van der Waals surface area contributed by atoms with E-state index in [-0.39, 0.29) is 19.8 Å². The molecule has 18 bridgehead atoms. The Morgan fingerprint density at radius 1 is 0.176 bits per heavy atom. The first kappa shape index (κ1) is 93.1. The summed E-state index contributed by atoms with van der Waals surface area (Å²) in [7, 11) is -103. The summed E-state index contributed by atoms with van der Waals surface area (Å²) in [5.41, 5.74) is 0. The van der Waals surface area contributed by atoms with Crippen LogP contribution >= 0.6 is 0 Å². The maximum Gasteiger partial charge on any atom is 0.482 e. The average Bonchev–Trinajstić information content (AvgIpc) is 0.725. The standard InChI is InChI=1S/C28H82O31Si20.C9H28O12Si8/c1-25-29-62(7)33-60(5)34-66(11,39-63(8,37-62)30-26-2)42-67(12)35-61(6)36-68(13)44-71(16,43-67)49-75(20)50-72(17,45-68)51-76(21)56-77(22)53-73(18)47-69(14)40-64(9,31-27-3)38-65(10,32-28-4)41-70(15,46-69)48-74(19,52-73)54-78(23,58-77)59-79(24,55-75)57-76;1-10-23(3)13-26(6)15-24(4)11-22(2)12-25(5)16-27(7,14-23)20-29(9,19-26)21-28(8,17-24)18-25/h60-61H,25-28H2,1-24H3;22H,1-9H3. The quantitative estimate of drug-likeness (QED) is 0.260. The van der Waals surface area contributed by atoms with Gasteiger partial charge in [-0.3, -0.25) is 0 Å². The first-order chi connectivity index (χ1) is 48.7. The minimum absolute atomic E-state index is 0.242. The Labute approximate surface area is 665 Å². The third-order valence-electron chi connectivity index (χ3n) is 16.1. The first-order valence-electron chi connectivity index (χ1n) is 35.3. The highest BCUT2D eigenvalue weighted by Gasteiger charge is 2.80. The lowest BCUT2D eigenvalue weighted by Crippen LogP contribution is -2.83. The van der Waals surface area contributed by atoms with Gasteiger partial charge in [0, 0.05) is 197 Å². The molecule has 12 aliphatic rings. The molecule has 71 heteroatoms. The maximum absolute atomic E-state index is 7.16. The van der Waals surface area contributed by atoms with E-state index in [9.17, 15) is 0 Å². The Bertz CT molecular complexity index is 3280. The zero-order valence-corrected chi connectivity index (χ0v) is 96.1. The number of fused-ring (bicyclic) bond motifs is 16. The van der Waals surface area contributed by atoms with Crippen LogP contribution < -0.4 is 0 Å². The Balaban J connectivity index is 0.000000331. The zero-order chi connectivity index (χ0) is 80.5. The third-order valence-corrected chi connectivity index (χ3v) is 133. The van der Waals surface area contributed by atoms with Crippen molar-refractivity contribution in [2.24, 2.45) is 0 Å². The van der Waals surface area contributed by atoms with Crippen LogP contribution in [0.4, 0.5) is 0 Å². The highest BCUT2D eigenvalue weighted by molar-refractivity contribution is 7.04. The van der Waals surface area contributed by atoms with E-state index < -0.39 is 248 Å². The second-order valence-electron chi connectivity index (χ2n) is 29.2. The molecule has 43 nitrogen and oxygen atoms in total. The van der Waals surface area contributed by atoms with Gasteiger partial charge in [0.05, 0.1) is 0 Å². The molecule has 0 N–H and O–H groups in total. The molecule has 24 atom stereocenters. The molecule has 12 heterocycles. The molecule has 0 amide bonds. The van der Waals surface area contributed by atoms with E-state index in [4.69, 9.17) is 179 Å². The summed E-state index contributed by atoms with van der Waals surface area (Å²) in [5.74, 6) is 0. The Morgan fingerprint density at radius 2 is 0.324 bits per heavy atom. The summed E-state index contributed by atoms with van der Waals surface area (Å²) < 4.78 is 288. The van der Waals surface area contributed by atoms with Gasteiger partial charge in [-0.25, -0.2) is 0 Å². The molecule has 0 aromatic carbocycles. The van der Waals surface area contributed by atoms with Crippen molar-refractivity contribution in [1.82, 2.24) is 0 Å². The van der Waals surface area contributed by atoms with Gasteiger partial charge in [0.1, 0.15) is 0 Å². The largest absolute Gasteiger partial charge is 0.482 e.